The number of hydrogen-bond acceptors (Lipinski definition) is 2. The molecule has 1 aromatic carbocycles. The van der Waals surface area contributed by atoms with Gasteiger partial charge in [0.05, 0.1) is 5.69 Å². The Morgan fingerprint density at radius 1 is 1.19 bits per heavy atom. The van der Waals surface area contributed by atoms with Gasteiger partial charge in [0.25, 0.3) is 5.56 Å². The number of pyridine rings is 1. The third-order valence-corrected chi connectivity index (χ3v) is 2.54. The maximum atomic E-state index is 11.7. The molecule has 0 radical (unpaired) electrons. The van der Waals surface area contributed by atoms with Crippen molar-refractivity contribution in [1.29, 1.82) is 0 Å². The Balaban J connectivity index is 2.69. The molecule has 0 aliphatic rings. The summed E-state index contributed by atoms with van der Waals surface area (Å²) in [6.07, 6.45) is 0. The lowest BCUT2D eigenvalue weighted by Crippen LogP contribution is -2.20. The van der Waals surface area contributed by atoms with Gasteiger partial charge in [-0.15, -0.1) is 0 Å². The summed E-state index contributed by atoms with van der Waals surface area (Å²) in [4.78, 5) is 11.7. The lowest BCUT2D eigenvalue weighted by atomic mass is 10.1. The first-order valence-corrected chi connectivity index (χ1v) is 5.28. The van der Waals surface area contributed by atoms with E-state index in [1.807, 2.05) is 43.3 Å². The summed E-state index contributed by atoms with van der Waals surface area (Å²) in [5, 5.41) is 0. The summed E-state index contributed by atoms with van der Waals surface area (Å²) in [6, 6.07) is 13.1. The zero-order chi connectivity index (χ0) is 11.5. The van der Waals surface area contributed by atoms with Gasteiger partial charge in [0, 0.05) is 18.3 Å². The Morgan fingerprint density at radius 3 is 2.50 bits per heavy atom. The van der Waals surface area contributed by atoms with Gasteiger partial charge in [-0.2, -0.15) is 0 Å². The van der Waals surface area contributed by atoms with Crippen LogP contribution in [0, 0.1) is 0 Å². The molecule has 2 aromatic rings. The van der Waals surface area contributed by atoms with Crippen molar-refractivity contribution in [3.05, 3.63) is 52.8 Å². The predicted molar refractivity (Wildman–Crippen MR) is 66.2 cm³/mol. The van der Waals surface area contributed by atoms with Crippen molar-refractivity contribution in [2.45, 2.75) is 13.5 Å². The molecule has 2 rings (SSSR count). The van der Waals surface area contributed by atoms with Gasteiger partial charge in [-0.05, 0) is 18.6 Å². The molecule has 3 nitrogen and oxygen atoms in total. The van der Waals surface area contributed by atoms with Crippen molar-refractivity contribution >= 4 is 5.69 Å². The first-order valence-electron chi connectivity index (χ1n) is 5.28. The summed E-state index contributed by atoms with van der Waals surface area (Å²) < 4.78 is 1.71. The number of benzene rings is 1. The van der Waals surface area contributed by atoms with E-state index in [2.05, 4.69) is 0 Å². The van der Waals surface area contributed by atoms with Crippen molar-refractivity contribution in [2.75, 3.05) is 5.73 Å². The fraction of sp³-hybridized carbons (Fsp3) is 0.154. The van der Waals surface area contributed by atoms with E-state index in [4.69, 9.17) is 5.73 Å². The van der Waals surface area contributed by atoms with Crippen LogP contribution in [0.2, 0.25) is 0 Å². The van der Waals surface area contributed by atoms with Gasteiger partial charge in [-0.3, -0.25) is 4.79 Å². The van der Waals surface area contributed by atoms with Gasteiger partial charge in [0.1, 0.15) is 0 Å². The fourth-order valence-electron chi connectivity index (χ4n) is 1.79. The second-order valence-electron chi connectivity index (χ2n) is 3.62. The monoisotopic (exact) mass is 214 g/mol. The highest BCUT2D eigenvalue weighted by atomic mass is 16.1. The molecule has 0 atom stereocenters. The van der Waals surface area contributed by atoms with Crippen LogP contribution < -0.4 is 11.3 Å². The fourth-order valence-corrected chi connectivity index (χ4v) is 1.79. The van der Waals surface area contributed by atoms with E-state index in [9.17, 15) is 4.79 Å². The van der Waals surface area contributed by atoms with Crippen LogP contribution in [0.4, 0.5) is 5.69 Å². The second-order valence-corrected chi connectivity index (χ2v) is 3.62. The number of nitrogens with zero attached hydrogens (tertiary/aromatic N) is 1. The Kier molecular flexibility index (Phi) is 2.77. The van der Waals surface area contributed by atoms with Crippen molar-refractivity contribution in [3.63, 3.8) is 0 Å². The predicted octanol–water partition coefficient (Wildman–Crippen LogP) is 2.12. The molecule has 82 valence electrons. The first-order chi connectivity index (χ1) is 7.72. The normalized spacial score (nSPS) is 10.3. The second kappa shape index (κ2) is 4.23. The molecule has 0 saturated carbocycles. The Hall–Kier alpha value is -2.03. The molecular weight excluding hydrogens is 200 g/mol. The van der Waals surface area contributed by atoms with Crippen LogP contribution in [0.5, 0.6) is 0 Å². The van der Waals surface area contributed by atoms with E-state index in [0.717, 1.165) is 11.3 Å². The summed E-state index contributed by atoms with van der Waals surface area (Å²) in [7, 11) is 0. The molecule has 0 amide bonds. The van der Waals surface area contributed by atoms with E-state index in [0.29, 0.717) is 12.2 Å². The van der Waals surface area contributed by atoms with Crippen LogP contribution in [-0.4, -0.2) is 4.57 Å². The molecule has 16 heavy (non-hydrogen) atoms. The van der Waals surface area contributed by atoms with Crippen molar-refractivity contribution < 1.29 is 0 Å². The molecule has 1 heterocycles. The van der Waals surface area contributed by atoms with E-state index in [1.165, 1.54) is 6.07 Å². The maximum Gasteiger partial charge on any atom is 0.253 e. The summed E-state index contributed by atoms with van der Waals surface area (Å²) in [6.45, 7) is 2.59. The Bertz CT molecular complexity index is 544. The molecule has 0 aliphatic heterocycles. The number of anilines is 1. The van der Waals surface area contributed by atoms with Crippen LogP contribution in [0.1, 0.15) is 6.92 Å². The molecule has 0 bridgehead atoms. The quantitative estimate of drug-likeness (QED) is 0.832. The minimum absolute atomic E-state index is 0.0543. The Morgan fingerprint density at radius 2 is 1.88 bits per heavy atom. The molecule has 3 heteroatoms. The van der Waals surface area contributed by atoms with Crippen LogP contribution in [0.25, 0.3) is 11.3 Å². The molecule has 0 saturated heterocycles. The standard InChI is InChI=1S/C13H14N2O/c1-2-15-12(8-11(14)9-13(15)16)10-6-4-3-5-7-10/h3-9H,2,14H2,1H3. The third-order valence-electron chi connectivity index (χ3n) is 2.54. The minimum Gasteiger partial charge on any atom is -0.399 e. The van der Waals surface area contributed by atoms with Crippen molar-refractivity contribution in [2.24, 2.45) is 0 Å². The van der Waals surface area contributed by atoms with E-state index in [-0.39, 0.29) is 5.56 Å². The van der Waals surface area contributed by atoms with Crippen LogP contribution >= 0.6 is 0 Å². The number of aromatic nitrogens is 1. The minimum atomic E-state index is -0.0543. The molecule has 2 N–H and O–H groups in total. The molecule has 1 aromatic heterocycles. The highest BCUT2D eigenvalue weighted by molar-refractivity contribution is 5.63. The van der Waals surface area contributed by atoms with Crippen molar-refractivity contribution in [3.8, 4) is 11.3 Å². The highest BCUT2D eigenvalue weighted by Gasteiger charge is 2.05. The van der Waals surface area contributed by atoms with Crippen LogP contribution in [-0.2, 0) is 6.54 Å². The third kappa shape index (κ3) is 1.84. The average molecular weight is 214 g/mol. The van der Waals surface area contributed by atoms with Gasteiger partial charge in [0.15, 0.2) is 0 Å². The number of nitrogen functional groups attached to an aromatic ring is 1. The topological polar surface area (TPSA) is 48.0 Å². The van der Waals surface area contributed by atoms with Gasteiger partial charge in [-0.25, -0.2) is 0 Å². The summed E-state index contributed by atoms with van der Waals surface area (Å²) >= 11 is 0. The molecule has 0 unspecified atom stereocenters. The number of hydrogen-bond donors (Lipinski definition) is 1. The van der Waals surface area contributed by atoms with Gasteiger partial charge in [-0.1, -0.05) is 30.3 Å². The van der Waals surface area contributed by atoms with Gasteiger partial charge < -0.3 is 10.3 Å². The number of rotatable bonds is 2. The SMILES string of the molecule is CCn1c(-c2ccccc2)cc(N)cc1=O. The van der Waals surface area contributed by atoms with E-state index >= 15 is 0 Å². The smallest absolute Gasteiger partial charge is 0.253 e. The summed E-state index contributed by atoms with van der Waals surface area (Å²) in [5.74, 6) is 0. The number of nitrogens with two attached hydrogens (primary N) is 1. The van der Waals surface area contributed by atoms with Crippen molar-refractivity contribution in [1.82, 2.24) is 4.57 Å². The zero-order valence-electron chi connectivity index (χ0n) is 9.18. The lowest BCUT2D eigenvalue weighted by molar-refractivity contribution is 0.736. The van der Waals surface area contributed by atoms with E-state index < -0.39 is 0 Å². The maximum absolute atomic E-state index is 11.7. The van der Waals surface area contributed by atoms with Crippen LogP contribution in [0.15, 0.2) is 47.3 Å². The molecular formula is C13H14N2O. The zero-order valence-corrected chi connectivity index (χ0v) is 9.18. The first kappa shape index (κ1) is 10.5. The molecule has 0 fully saturated rings. The summed E-state index contributed by atoms with van der Waals surface area (Å²) in [5.41, 5.74) is 8.04. The average Bonchev–Trinajstić information content (AvgIpc) is 2.29. The van der Waals surface area contributed by atoms with Gasteiger partial charge in [0.2, 0.25) is 0 Å². The Labute approximate surface area is 94.1 Å². The highest BCUT2D eigenvalue weighted by Crippen LogP contribution is 2.19. The lowest BCUT2D eigenvalue weighted by Gasteiger charge is -2.11. The van der Waals surface area contributed by atoms with Crippen LogP contribution in [0.3, 0.4) is 0 Å². The van der Waals surface area contributed by atoms with Gasteiger partial charge >= 0.3 is 0 Å². The largest absolute Gasteiger partial charge is 0.399 e. The molecule has 0 spiro atoms. The molecule has 0 aliphatic carbocycles. The van der Waals surface area contributed by atoms with E-state index in [1.54, 1.807) is 4.57 Å².